The lowest BCUT2D eigenvalue weighted by Crippen LogP contribution is -2.33. The Morgan fingerprint density at radius 2 is 2.20 bits per heavy atom. The summed E-state index contributed by atoms with van der Waals surface area (Å²) in [6.45, 7) is -0.447. The first-order valence-electron chi connectivity index (χ1n) is 5.87. The molecule has 0 aliphatic carbocycles. The van der Waals surface area contributed by atoms with E-state index in [-0.39, 0.29) is 17.0 Å². The molecule has 3 rings (SSSR count). The van der Waals surface area contributed by atoms with Crippen LogP contribution in [0.25, 0.3) is 11.2 Å². The molecule has 1 aliphatic rings. The van der Waals surface area contributed by atoms with Gasteiger partial charge in [0.25, 0.3) is 0 Å². The molecule has 0 amide bonds. The molecule has 1 fully saturated rings. The first-order valence-corrected chi connectivity index (χ1v) is 5.87. The Hall–Kier alpha value is -2.01. The molecule has 2 aromatic heterocycles. The Balaban J connectivity index is 2.09. The number of nitrogens with one attached hydrogen (secondary N) is 1. The van der Waals surface area contributed by atoms with Gasteiger partial charge in [-0.1, -0.05) is 0 Å². The van der Waals surface area contributed by atoms with Crippen LogP contribution in [0.3, 0.4) is 0 Å². The number of hydrogen-bond donors (Lipinski definition) is 5. The number of H-pyrrole nitrogens is 1. The third-order valence-corrected chi connectivity index (χ3v) is 3.26. The van der Waals surface area contributed by atoms with Gasteiger partial charge in [0.15, 0.2) is 11.9 Å². The van der Waals surface area contributed by atoms with Gasteiger partial charge in [0, 0.05) is 0 Å². The van der Waals surface area contributed by atoms with Crippen LogP contribution in [0.2, 0.25) is 0 Å². The van der Waals surface area contributed by atoms with Crippen molar-refractivity contribution in [2.45, 2.75) is 24.5 Å². The Labute approximate surface area is 111 Å². The summed E-state index contributed by atoms with van der Waals surface area (Å²) < 4.78 is 6.64. The third-order valence-electron chi connectivity index (χ3n) is 3.26. The molecule has 0 aromatic carbocycles. The van der Waals surface area contributed by atoms with Gasteiger partial charge in [-0.15, -0.1) is 0 Å². The highest BCUT2D eigenvalue weighted by Gasteiger charge is 2.44. The molecule has 2 aromatic rings. The Morgan fingerprint density at radius 3 is 2.85 bits per heavy atom. The SMILES string of the molecule is Nc1[nH]c(=O)nc2c1ncn2C1O[C@H](CO)[C@@H](O)[C@H]1O. The van der Waals surface area contributed by atoms with Crippen molar-refractivity contribution < 1.29 is 20.1 Å². The minimum Gasteiger partial charge on any atom is -0.394 e. The summed E-state index contributed by atoms with van der Waals surface area (Å²) in [5.41, 5.74) is 5.34. The molecule has 20 heavy (non-hydrogen) atoms. The highest BCUT2D eigenvalue weighted by Crippen LogP contribution is 2.31. The first-order chi connectivity index (χ1) is 9.52. The van der Waals surface area contributed by atoms with E-state index >= 15 is 0 Å². The Bertz CT molecular complexity index is 697. The van der Waals surface area contributed by atoms with E-state index in [1.807, 2.05) is 0 Å². The number of rotatable bonds is 2. The Morgan fingerprint density at radius 1 is 1.45 bits per heavy atom. The number of ether oxygens (including phenoxy) is 1. The van der Waals surface area contributed by atoms with Crippen LogP contribution in [0.15, 0.2) is 11.1 Å². The minimum absolute atomic E-state index is 0.0468. The molecule has 10 heteroatoms. The zero-order valence-corrected chi connectivity index (χ0v) is 10.2. The zero-order chi connectivity index (χ0) is 14.4. The highest BCUT2D eigenvalue weighted by atomic mass is 16.6. The van der Waals surface area contributed by atoms with Crippen molar-refractivity contribution in [3.05, 3.63) is 16.8 Å². The van der Waals surface area contributed by atoms with Crippen LogP contribution >= 0.6 is 0 Å². The second kappa shape index (κ2) is 4.52. The summed E-state index contributed by atoms with van der Waals surface area (Å²) in [7, 11) is 0. The van der Waals surface area contributed by atoms with Gasteiger partial charge in [0.1, 0.15) is 29.6 Å². The summed E-state index contributed by atoms with van der Waals surface area (Å²) >= 11 is 0. The van der Waals surface area contributed by atoms with Gasteiger partial charge in [-0.05, 0) is 0 Å². The third kappa shape index (κ3) is 1.78. The van der Waals surface area contributed by atoms with Crippen molar-refractivity contribution >= 4 is 17.0 Å². The van der Waals surface area contributed by atoms with Crippen LogP contribution < -0.4 is 11.4 Å². The molecule has 0 saturated carbocycles. The first kappa shape index (κ1) is 13.0. The maximum Gasteiger partial charge on any atom is 0.348 e. The molecule has 1 saturated heterocycles. The largest absolute Gasteiger partial charge is 0.394 e. The van der Waals surface area contributed by atoms with E-state index in [9.17, 15) is 15.0 Å². The van der Waals surface area contributed by atoms with Gasteiger partial charge in [0.2, 0.25) is 0 Å². The number of anilines is 1. The molecule has 10 nitrogen and oxygen atoms in total. The van der Waals surface area contributed by atoms with E-state index in [1.165, 1.54) is 10.9 Å². The van der Waals surface area contributed by atoms with E-state index < -0.39 is 36.8 Å². The van der Waals surface area contributed by atoms with E-state index in [2.05, 4.69) is 15.0 Å². The molecule has 0 bridgehead atoms. The van der Waals surface area contributed by atoms with Crippen LogP contribution in [-0.2, 0) is 4.74 Å². The van der Waals surface area contributed by atoms with Crippen LogP contribution in [0, 0.1) is 0 Å². The Kier molecular flexibility index (Phi) is 2.94. The molecule has 1 unspecified atom stereocenters. The molecule has 6 N–H and O–H groups in total. The van der Waals surface area contributed by atoms with Crippen LogP contribution in [-0.4, -0.2) is 59.8 Å². The molecule has 108 valence electrons. The number of fused-ring (bicyclic) bond motifs is 1. The molecular formula is C10H13N5O5. The standard InChI is InChI=1S/C10H13N5O5/c11-7-4-8(14-10(19)13-7)15(2-12-4)9-6(18)5(17)3(1-16)20-9/h2-3,5-6,9,16-18H,1H2,(H3,11,13,14,19)/t3-,5-,6-,9?/m1/s1. The number of aromatic nitrogens is 4. The number of aromatic amines is 1. The average Bonchev–Trinajstić information content (AvgIpc) is 2.93. The number of hydrogen-bond acceptors (Lipinski definition) is 8. The fourth-order valence-electron chi connectivity index (χ4n) is 2.25. The van der Waals surface area contributed by atoms with E-state index in [0.29, 0.717) is 0 Å². The van der Waals surface area contributed by atoms with Gasteiger partial charge in [0.05, 0.1) is 12.9 Å². The molecule has 0 radical (unpaired) electrons. The lowest BCUT2D eigenvalue weighted by atomic mass is 10.1. The smallest absolute Gasteiger partial charge is 0.348 e. The van der Waals surface area contributed by atoms with Crippen molar-refractivity contribution in [3.63, 3.8) is 0 Å². The number of nitrogen functional groups attached to an aromatic ring is 1. The highest BCUT2D eigenvalue weighted by molar-refractivity contribution is 5.81. The quantitative estimate of drug-likeness (QED) is 0.398. The van der Waals surface area contributed by atoms with E-state index in [1.54, 1.807) is 0 Å². The van der Waals surface area contributed by atoms with E-state index in [0.717, 1.165) is 0 Å². The fourth-order valence-corrected chi connectivity index (χ4v) is 2.25. The monoisotopic (exact) mass is 283 g/mol. The molecule has 1 aliphatic heterocycles. The second-order valence-electron chi connectivity index (χ2n) is 4.51. The van der Waals surface area contributed by atoms with Crippen LogP contribution in [0.4, 0.5) is 5.82 Å². The van der Waals surface area contributed by atoms with Gasteiger partial charge in [-0.25, -0.2) is 9.78 Å². The number of nitrogens with zero attached hydrogens (tertiary/aromatic N) is 3. The number of imidazole rings is 1. The summed E-state index contributed by atoms with van der Waals surface area (Å²) in [5.74, 6) is 0.0468. The predicted molar refractivity (Wildman–Crippen MR) is 65.6 cm³/mol. The van der Waals surface area contributed by atoms with Gasteiger partial charge in [-0.3, -0.25) is 9.55 Å². The maximum absolute atomic E-state index is 11.4. The normalized spacial score (nSPS) is 30.1. The summed E-state index contributed by atoms with van der Waals surface area (Å²) in [6.07, 6.45) is -3.18. The van der Waals surface area contributed by atoms with Crippen molar-refractivity contribution in [1.29, 1.82) is 0 Å². The maximum atomic E-state index is 11.4. The number of aliphatic hydroxyl groups excluding tert-OH is 3. The van der Waals surface area contributed by atoms with Crippen molar-refractivity contribution in [3.8, 4) is 0 Å². The topological polar surface area (TPSA) is 160 Å². The molecular weight excluding hydrogens is 270 g/mol. The van der Waals surface area contributed by atoms with Gasteiger partial charge in [-0.2, -0.15) is 4.98 Å². The predicted octanol–water partition coefficient (Wildman–Crippen LogP) is -2.69. The van der Waals surface area contributed by atoms with Gasteiger partial charge >= 0.3 is 5.69 Å². The number of aliphatic hydroxyl groups is 3. The van der Waals surface area contributed by atoms with Crippen molar-refractivity contribution in [2.24, 2.45) is 0 Å². The van der Waals surface area contributed by atoms with Crippen LogP contribution in [0.1, 0.15) is 6.23 Å². The van der Waals surface area contributed by atoms with Crippen molar-refractivity contribution in [2.75, 3.05) is 12.3 Å². The fraction of sp³-hybridized carbons (Fsp3) is 0.500. The number of nitrogens with two attached hydrogens (primary N) is 1. The summed E-state index contributed by atoms with van der Waals surface area (Å²) in [6, 6.07) is 0. The lowest BCUT2D eigenvalue weighted by Gasteiger charge is -2.16. The lowest BCUT2D eigenvalue weighted by molar-refractivity contribution is -0.0511. The van der Waals surface area contributed by atoms with Crippen LogP contribution in [0.5, 0.6) is 0 Å². The van der Waals surface area contributed by atoms with E-state index in [4.69, 9.17) is 15.6 Å². The second-order valence-corrected chi connectivity index (χ2v) is 4.51. The summed E-state index contributed by atoms with van der Waals surface area (Å²) in [4.78, 5) is 21.4. The van der Waals surface area contributed by atoms with Gasteiger partial charge < -0.3 is 25.8 Å². The molecule has 4 atom stereocenters. The van der Waals surface area contributed by atoms with Crippen molar-refractivity contribution in [1.82, 2.24) is 19.5 Å². The average molecular weight is 283 g/mol. The molecule has 0 spiro atoms. The molecule has 3 heterocycles. The summed E-state index contributed by atoms with van der Waals surface area (Å²) in [5, 5.41) is 28.7. The zero-order valence-electron chi connectivity index (χ0n) is 10.2. The minimum atomic E-state index is -1.29.